The Hall–Kier alpha value is -1.36. The Balaban J connectivity index is 2.67. The fourth-order valence-corrected chi connectivity index (χ4v) is 0.565. The zero-order valence-electron chi connectivity index (χ0n) is 5.50. The average molecular weight is 140 g/mol. The smallest absolute Gasteiger partial charge is 0.175 e. The van der Waals surface area contributed by atoms with Crippen LogP contribution >= 0.6 is 0 Å². The molecule has 54 valence electrons. The average Bonchev–Trinajstić information content (AvgIpc) is 2.31. The van der Waals surface area contributed by atoms with Crippen molar-refractivity contribution in [3.8, 4) is 0 Å². The minimum absolute atomic E-state index is 0.541. The van der Waals surface area contributed by atoms with Gasteiger partial charge in [0.2, 0.25) is 0 Å². The van der Waals surface area contributed by atoms with E-state index in [-0.39, 0.29) is 0 Å². The second-order valence-corrected chi connectivity index (χ2v) is 1.80. The summed E-state index contributed by atoms with van der Waals surface area (Å²) in [6, 6.07) is 1.76. The summed E-state index contributed by atoms with van der Waals surface area (Å²) >= 11 is 0. The number of nitrogens with zero attached hydrogens (tertiary/aromatic N) is 2. The summed E-state index contributed by atoms with van der Waals surface area (Å²) in [5, 5.41) is 14.6. The zero-order valence-corrected chi connectivity index (χ0v) is 5.50. The largest absolute Gasteiger partial charge is 0.290 e. The maximum atomic E-state index is 8.10. The molecule has 0 saturated heterocycles. The fraction of sp³-hybridized carbons (Fsp3) is 0.200. The van der Waals surface area contributed by atoms with E-state index in [1.807, 2.05) is 6.92 Å². The molecule has 0 unspecified atom stereocenters. The lowest BCUT2D eigenvalue weighted by Crippen LogP contribution is -2.00. The molecule has 3 N–H and O–H groups in total. The number of hydroxylamine groups is 1. The standard InChI is InChI=1S/C5H8N4O/c1-4-2-5(9-8-4)6-3-7-10/h2-3,10H,1H3,(H2,6,7,8,9). The van der Waals surface area contributed by atoms with E-state index >= 15 is 0 Å². The number of hydrogen-bond acceptors (Lipinski definition) is 3. The predicted molar refractivity (Wildman–Crippen MR) is 36.4 cm³/mol. The highest BCUT2D eigenvalue weighted by atomic mass is 16.5. The molecule has 10 heavy (non-hydrogen) atoms. The highest BCUT2D eigenvalue weighted by Gasteiger charge is 1.90. The molecular weight excluding hydrogens is 132 g/mol. The molecule has 1 heterocycles. The number of nitrogens with one attached hydrogen (secondary N) is 2. The van der Waals surface area contributed by atoms with Crippen LogP contribution in [0, 0.1) is 6.92 Å². The number of aromatic amines is 1. The van der Waals surface area contributed by atoms with Gasteiger partial charge in [0.05, 0.1) is 0 Å². The summed E-state index contributed by atoms with van der Waals surface area (Å²) in [5.74, 6) is 0.541. The van der Waals surface area contributed by atoms with Gasteiger partial charge in [-0.3, -0.25) is 15.8 Å². The summed E-state index contributed by atoms with van der Waals surface area (Å²) in [5.41, 5.74) is 2.72. The summed E-state index contributed by atoms with van der Waals surface area (Å²) < 4.78 is 0. The molecule has 1 aromatic heterocycles. The zero-order chi connectivity index (χ0) is 7.40. The number of aromatic nitrogens is 2. The Bertz CT molecular complexity index is 229. The van der Waals surface area contributed by atoms with E-state index < -0.39 is 0 Å². The van der Waals surface area contributed by atoms with E-state index in [1.165, 1.54) is 0 Å². The Kier molecular flexibility index (Phi) is 2.01. The topological polar surface area (TPSA) is 73.3 Å². The molecule has 5 nitrogen and oxygen atoms in total. The lowest BCUT2D eigenvalue weighted by Gasteiger charge is -1.80. The second kappa shape index (κ2) is 2.98. The van der Waals surface area contributed by atoms with Crippen LogP contribution in [0.15, 0.2) is 11.1 Å². The minimum atomic E-state index is 0.541. The Labute approximate surface area is 57.8 Å². The fourth-order valence-electron chi connectivity index (χ4n) is 0.565. The second-order valence-electron chi connectivity index (χ2n) is 1.80. The van der Waals surface area contributed by atoms with Crippen molar-refractivity contribution in [3.05, 3.63) is 11.8 Å². The van der Waals surface area contributed by atoms with Gasteiger partial charge in [-0.15, -0.1) is 0 Å². The third kappa shape index (κ3) is 1.56. The van der Waals surface area contributed by atoms with E-state index in [0.717, 1.165) is 12.0 Å². The van der Waals surface area contributed by atoms with E-state index in [2.05, 4.69) is 15.2 Å². The summed E-state index contributed by atoms with van der Waals surface area (Å²) in [6.45, 7) is 1.87. The molecule has 5 heteroatoms. The van der Waals surface area contributed by atoms with Gasteiger partial charge in [0.15, 0.2) is 5.82 Å². The number of aliphatic imine (C=N–C) groups is 1. The lowest BCUT2D eigenvalue weighted by molar-refractivity contribution is 0.240. The van der Waals surface area contributed by atoms with Gasteiger partial charge in [0.1, 0.15) is 6.34 Å². The number of rotatable bonds is 2. The van der Waals surface area contributed by atoms with Gasteiger partial charge in [0.25, 0.3) is 0 Å². The minimum Gasteiger partial charge on any atom is -0.290 e. The highest BCUT2D eigenvalue weighted by molar-refractivity contribution is 5.57. The van der Waals surface area contributed by atoms with Gasteiger partial charge >= 0.3 is 0 Å². The molecule has 0 aliphatic heterocycles. The monoisotopic (exact) mass is 140 g/mol. The maximum Gasteiger partial charge on any atom is 0.175 e. The number of H-pyrrole nitrogens is 1. The first-order chi connectivity index (χ1) is 4.83. The van der Waals surface area contributed by atoms with Crippen LogP contribution in [0.2, 0.25) is 0 Å². The van der Waals surface area contributed by atoms with Crippen molar-refractivity contribution in [3.63, 3.8) is 0 Å². The third-order valence-electron chi connectivity index (χ3n) is 0.947. The Morgan fingerprint density at radius 1 is 1.90 bits per heavy atom. The third-order valence-corrected chi connectivity index (χ3v) is 0.947. The molecule has 0 saturated carbocycles. The molecule has 0 aliphatic rings. The van der Waals surface area contributed by atoms with Gasteiger partial charge < -0.3 is 0 Å². The van der Waals surface area contributed by atoms with Gasteiger partial charge in [-0.25, -0.2) is 4.99 Å². The molecule has 1 rings (SSSR count). The van der Waals surface area contributed by atoms with Gasteiger partial charge in [-0.2, -0.15) is 5.10 Å². The van der Waals surface area contributed by atoms with Crippen molar-refractivity contribution in [2.75, 3.05) is 0 Å². The molecule has 0 fully saturated rings. The molecule has 0 aromatic carbocycles. The first-order valence-corrected chi connectivity index (χ1v) is 2.77. The van der Waals surface area contributed by atoms with Crippen LogP contribution < -0.4 is 5.48 Å². The molecule has 0 bridgehead atoms. The van der Waals surface area contributed by atoms with Crippen molar-refractivity contribution in [2.45, 2.75) is 6.92 Å². The first-order valence-electron chi connectivity index (χ1n) is 2.77. The van der Waals surface area contributed by atoms with Crippen molar-refractivity contribution in [1.29, 1.82) is 0 Å². The Morgan fingerprint density at radius 2 is 2.70 bits per heavy atom. The van der Waals surface area contributed by atoms with Crippen LogP contribution in [-0.4, -0.2) is 21.7 Å². The molecule has 0 spiro atoms. The van der Waals surface area contributed by atoms with E-state index in [1.54, 1.807) is 11.5 Å². The van der Waals surface area contributed by atoms with Crippen molar-refractivity contribution in [1.82, 2.24) is 15.7 Å². The number of aryl methyl sites for hydroxylation is 1. The molecule has 0 radical (unpaired) electrons. The van der Waals surface area contributed by atoms with Gasteiger partial charge in [-0.05, 0) is 6.92 Å². The Morgan fingerprint density at radius 3 is 3.20 bits per heavy atom. The predicted octanol–water partition coefficient (Wildman–Crippen LogP) is 0.357. The molecule has 1 aromatic rings. The molecule has 0 atom stereocenters. The van der Waals surface area contributed by atoms with Crippen LogP contribution in [0.25, 0.3) is 0 Å². The number of hydrogen-bond donors (Lipinski definition) is 3. The quantitative estimate of drug-likeness (QED) is 0.315. The molecule has 0 amide bonds. The lowest BCUT2D eigenvalue weighted by atomic mass is 10.5. The van der Waals surface area contributed by atoms with Crippen molar-refractivity contribution >= 4 is 12.2 Å². The van der Waals surface area contributed by atoms with Crippen LogP contribution in [0.1, 0.15) is 5.69 Å². The summed E-state index contributed by atoms with van der Waals surface area (Å²) in [4.78, 5) is 3.72. The van der Waals surface area contributed by atoms with E-state index in [4.69, 9.17) is 5.21 Å². The van der Waals surface area contributed by atoms with Gasteiger partial charge in [-0.1, -0.05) is 0 Å². The SMILES string of the molecule is Cc1cc(N=CNO)n[nH]1. The van der Waals surface area contributed by atoms with Crippen LogP contribution in [0.5, 0.6) is 0 Å². The van der Waals surface area contributed by atoms with Crippen molar-refractivity contribution in [2.24, 2.45) is 4.99 Å². The van der Waals surface area contributed by atoms with E-state index in [0.29, 0.717) is 5.82 Å². The summed E-state index contributed by atoms with van der Waals surface area (Å²) in [7, 11) is 0. The normalized spacial score (nSPS) is 10.6. The highest BCUT2D eigenvalue weighted by Crippen LogP contribution is 2.05. The van der Waals surface area contributed by atoms with Crippen LogP contribution in [0.4, 0.5) is 5.82 Å². The summed E-state index contributed by atoms with van der Waals surface area (Å²) in [6.07, 6.45) is 1.15. The van der Waals surface area contributed by atoms with Crippen molar-refractivity contribution < 1.29 is 5.21 Å². The van der Waals surface area contributed by atoms with Crippen LogP contribution in [-0.2, 0) is 0 Å². The maximum absolute atomic E-state index is 8.10. The molecular formula is C5H8N4O. The van der Waals surface area contributed by atoms with Gasteiger partial charge in [0, 0.05) is 11.8 Å². The van der Waals surface area contributed by atoms with E-state index in [9.17, 15) is 0 Å². The molecule has 0 aliphatic carbocycles. The first kappa shape index (κ1) is 6.76. The van der Waals surface area contributed by atoms with Crippen LogP contribution in [0.3, 0.4) is 0 Å².